The molecule has 0 aliphatic carbocycles. The minimum atomic E-state index is 0.821. The van der Waals surface area contributed by atoms with Gasteiger partial charge >= 0.3 is 0 Å². The normalized spacial score (nSPS) is 10.6. The van der Waals surface area contributed by atoms with Crippen molar-refractivity contribution in [3.8, 4) is 5.06 Å². The average molecular weight is 305 g/mol. The lowest BCUT2D eigenvalue weighted by Crippen LogP contribution is -1.85. The van der Waals surface area contributed by atoms with E-state index in [4.69, 9.17) is 10.5 Å². The molecule has 2 aromatic rings. The van der Waals surface area contributed by atoms with E-state index in [0.29, 0.717) is 0 Å². The SMILES string of the molecule is COc1cc2c(N)cc(I)cc2s1. The van der Waals surface area contributed by atoms with Crippen molar-refractivity contribution in [1.29, 1.82) is 0 Å². The molecule has 0 amide bonds. The van der Waals surface area contributed by atoms with Crippen LogP contribution in [0.5, 0.6) is 5.06 Å². The molecule has 2 rings (SSSR count). The minimum Gasteiger partial charge on any atom is -0.487 e. The summed E-state index contributed by atoms with van der Waals surface area (Å²) in [6.07, 6.45) is 0. The number of nitrogens with two attached hydrogens (primary N) is 1. The topological polar surface area (TPSA) is 35.2 Å². The third kappa shape index (κ3) is 1.60. The molecule has 0 aliphatic rings. The second-order valence-electron chi connectivity index (χ2n) is 2.68. The molecule has 0 aliphatic heterocycles. The summed E-state index contributed by atoms with van der Waals surface area (Å²) in [5.41, 5.74) is 6.69. The van der Waals surface area contributed by atoms with Crippen LogP contribution in [0.25, 0.3) is 10.1 Å². The molecule has 68 valence electrons. The Morgan fingerprint density at radius 1 is 1.38 bits per heavy atom. The summed E-state index contributed by atoms with van der Waals surface area (Å²) in [7, 11) is 1.67. The second kappa shape index (κ2) is 3.34. The first-order valence-corrected chi connectivity index (χ1v) is 5.63. The highest BCUT2D eigenvalue weighted by molar-refractivity contribution is 14.1. The first kappa shape index (κ1) is 9.08. The molecule has 0 bridgehead atoms. The van der Waals surface area contributed by atoms with E-state index in [-0.39, 0.29) is 0 Å². The van der Waals surface area contributed by atoms with Gasteiger partial charge in [-0.2, -0.15) is 0 Å². The summed E-state index contributed by atoms with van der Waals surface area (Å²) in [4.78, 5) is 0. The Kier molecular flexibility index (Phi) is 2.33. The fraction of sp³-hybridized carbons (Fsp3) is 0.111. The molecule has 0 saturated carbocycles. The van der Waals surface area contributed by atoms with Crippen LogP contribution in [-0.4, -0.2) is 7.11 Å². The predicted octanol–water partition coefficient (Wildman–Crippen LogP) is 3.10. The van der Waals surface area contributed by atoms with E-state index >= 15 is 0 Å². The van der Waals surface area contributed by atoms with Crippen molar-refractivity contribution >= 4 is 49.7 Å². The first-order chi connectivity index (χ1) is 6.20. The molecule has 2 N–H and O–H groups in total. The maximum absolute atomic E-state index is 5.87. The zero-order valence-corrected chi connectivity index (χ0v) is 9.98. The number of nitrogen functional groups attached to an aromatic ring is 1. The van der Waals surface area contributed by atoms with Gasteiger partial charge < -0.3 is 10.5 Å². The number of fused-ring (bicyclic) bond motifs is 1. The van der Waals surface area contributed by atoms with Gasteiger partial charge in [0.15, 0.2) is 5.06 Å². The quantitative estimate of drug-likeness (QED) is 0.649. The highest BCUT2D eigenvalue weighted by Crippen LogP contribution is 2.35. The highest BCUT2D eigenvalue weighted by Gasteiger charge is 2.05. The number of anilines is 1. The van der Waals surface area contributed by atoms with Crippen LogP contribution in [0, 0.1) is 3.57 Å². The van der Waals surface area contributed by atoms with Crippen molar-refractivity contribution in [2.75, 3.05) is 12.8 Å². The minimum absolute atomic E-state index is 0.821. The average Bonchev–Trinajstić information content (AvgIpc) is 2.47. The summed E-state index contributed by atoms with van der Waals surface area (Å²) in [6, 6.07) is 6.06. The van der Waals surface area contributed by atoms with Gasteiger partial charge in [-0.3, -0.25) is 0 Å². The maximum atomic E-state index is 5.87. The second-order valence-corrected chi connectivity index (χ2v) is 4.97. The van der Waals surface area contributed by atoms with Gasteiger partial charge in [-0.05, 0) is 34.7 Å². The zero-order chi connectivity index (χ0) is 9.42. The molecule has 0 spiro atoms. The van der Waals surface area contributed by atoms with Crippen LogP contribution in [0.3, 0.4) is 0 Å². The Morgan fingerprint density at radius 2 is 2.15 bits per heavy atom. The van der Waals surface area contributed by atoms with E-state index in [1.807, 2.05) is 12.1 Å². The number of halogens is 1. The Bertz CT molecular complexity index is 452. The van der Waals surface area contributed by atoms with E-state index < -0.39 is 0 Å². The first-order valence-electron chi connectivity index (χ1n) is 3.73. The number of rotatable bonds is 1. The molecule has 13 heavy (non-hydrogen) atoms. The molecule has 1 aromatic carbocycles. The van der Waals surface area contributed by atoms with Crippen LogP contribution >= 0.6 is 33.9 Å². The van der Waals surface area contributed by atoms with E-state index in [2.05, 4.69) is 28.7 Å². The van der Waals surface area contributed by atoms with Crippen LogP contribution in [0.2, 0.25) is 0 Å². The Hall–Kier alpha value is -0.490. The van der Waals surface area contributed by atoms with Gasteiger partial charge in [-0.1, -0.05) is 11.3 Å². The van der Waals surface area contributed by atoms with E-state index in [1.54, 1.807) is 18.4 Å². The van der Waals surface area contributed by atoms with Crippen LogP contribution < -0.4 is 10.5 Å². The number of benzene rings is 1. The number of thiophene rings is 1. The van der Waals surface area contributed by atoms with E-state index in [1.165, 1.54) is 4.70 Å². The summed E-state index contributed by atoms with van der Waals surface area (Å²) in [5.74, 6) is 0. The summed E-state index contributed by atoms with van der Waals surface area (Å²) in [6.45, 7) is 0. The molecule has 1 aromatic heterocycles. The van der Waals surface area contributed by atoms with Gasteiger partial charge in [0, 0.05) is 25.4 Å². The summed E-state index contributed by atoms with van der Waals surface area (Å²) < 4.78 is 7.50. The lowest BCUT2D eigenvalue weighted by Gasteiger charge is -1.95. The number of hydrogen-bond donors (Lipinski definition) is 1. The van der Waals surface area contributed by atoms with Crippen molar-refractivity contribution in [2.24, 2.45) is 0 Å². The van der Waals surface area contributed by atoms with Gasteiger partial charge in [-0.15, -0.1) is 0 Å². The van der Waals surface area contributed by atoms with Gasteiger partial charge in [0.25, 0.3) is 0 Å². The molecule has 0 saturated heterocycles. The molecule has 0 atom stereocenters. The Morgan fingerprint density at radius 3 is 2.85 bits per heavy atom. The predicted molar refractivity (Wildman–Crippen MR) is 65.5 cm³/mol. The Balaban J connectivity index is 2.75. The van der Waals surface area contributed by atoms with Crippen LogP contribution in [-0.2, 0) is 0 Å². The zero-order valence-electron chi connectivity index (χ0n) is 7.00. The molecule has 2 nitrogen and oxygen atoms in total. The molecular weight excluding hydrogens is 297 g/mol. The van der Waals surface area contributed by atoms with Crippen molar-refractivity contribution < 1.29 is 4.74 Å². The number of methoxy groups -OCH3 is 1. The maximum Gasteiger partial charge on any atom is 0.174 e. The molecule has 1 heterocycles. The lowest BCUT2D eigenvalue weighted by atomic mass is 10.2. The smallest absolute Gasteiger partial charge is 0.174 e. The summed E-state index contributed by atoms with van der Waals surface area (Å²) in [5, 5.41) is 1.99. The van der Waals surface area contributed by atoms with Crippen LogP contribution in [0.4, 0.5) is 5.69 Å². The van der Waals surface area contributed by atoms with Crippen LogP contribution in [0.1, 0.15) is 0 Å². The van der Waals surface area contributed by atoms with E-state index in [9.17, 15) is 0 Å². The van der Waals surface area contributed by atoms with Crippen molar-refractivity contribution in [3.63, 3.8) is 0 Å². The molecule has 0 unspecified atom stereocenters. The van der Waals surface area contributed by atoms with Crippen LogP contribution in [0.15, 0.2) is 18.2 Å². The third-order valence-corrected chi connectivity index (χ3v) is 3.48. The van der Waals surface area contributed by atoms with Gasteiger partial charge in [0.05, 0.1) is 7.11 Å². The van der Waals surface area contributed by atoms with E-state index in [0.717, 1.165) is 19.7 Å². The molecule has 0 radical (unpaired) electrons. The molecular formula is C9H8INOS. The van der Waals surface area contributed by atoms with Gasteiger partial charge in [0.2, 0.25) is 0 Å². The fourth-order valence-corrected chi connectivity index (χ4v) is 3.02. The van der Waals surface area contributed by atoms with Gasteiger partial charge in [0.1, 0.15) is 0 Å². The molecule has 4 heteroatoms. The highest BCUT2D eigenvalue weighted by atomic mass is 127. The van der Waals surface area contributed by atoms with Crippen molar-refractivity contribution in [2.45, 2.75) is 0 Å². The van der Waals surface area contributed by atoms with Crippen molar-refractivity contribution in [1.82, 2.24) is 0 Å². The number of ether oxygens (including phenoxy) is 1. The largest absolute Gasteiger partial charge is 0.487 e. The summed E-state index contributed by atoms with van der Waals surface area (Å²) >= 11 is 3.88. The molecule has 0 fully saturated rings. The van der Waals surface area contributed by atoms with Crippen molar-refractivity contribution in [3.05, 3.63) is 21.8 Å². The third-order valence-electron chi connectivity index (χ3n) is 1.81. The Labute approximate surface area is 93.8 Å². The standard InChI is InChI=1S/C9H8INOS/c1-12-9-4-6-7(11)2-5(10)3-8(6)13-9/h2-4H,11H2,1H3. The fourth-order valence-electron chi connectivity index (χ4n) is 1.21. The lowest BCUT2D eigenvalue weighted by molar-refractivity contribution is 0.427. The number of hydrogen-bond acceptors (Lipinski definition) is 3. The van der Waals surface area contributed by atoms with Gasteiger partial charge in [-0.25, -0.2) is 0 Å². The monoisotopic (exact) mass is 305 g/mol.